The van der Waals surface area contributed by atoms with Crippen molar-refractivity contribution in [2.45, 2.75) is 39.8 Å². The van der Waals surface area contributed by atoms with Gasteiger partial charge in [-0.1, -0.05) is 32.5 Å². The number of rotatable bonds is 4. The lowest BCUT2D eigenvalue weighted by Gasteiger charge is -2.31. The zero-order chi connectivity index (χ0) is 9.72. The van der Waals surface area contributed by atoms with Crippen molar-refractivity contribution in [1.29, 1.82) is 0 Å². The minimum atomic E-state index is -1.92. The molecule has 0 amide bonds. The Balaban J connectivity index is 4.39. The predicted octanol–water partition coefficient (Wildman–Crippen LogP) is 2.37. The van der Waals surface area contributed by atoms with Gasteiger partial charge in [0.2, 0.25) is 0 Å². The second-order valence-corrected chi connectivity index (χ2v) is 5.77. The molecule has 6 heteroatoms. The number of hydrogen-bond acceptors (Lipinski definition) is 2. The van der Waals surface area contributed by atoms with Crippen LogP contribution in [0.4, 0.5) is 0 Å². The Labute approximate surface area is 79.6 Å². The van der Waals surface area contributed by atoms with E-state index in [9.17, 15) is 0 Å². The average Bonchev–Trinajstić information content (AvgIpc) is 1.85. The average molecular weight is 207 g/mol. The first-order chi connectivity index (χ1) is 5.50. The molecular weight excluding hydrogens is 192 g/mol. The van der Waals surface area contributed by atoms with Crippen molar-refractivity contribution in [3.63, 3.8) is 0 Å². The second-order valence-electron chi connectivity index (χ2n) is 3.15. The number of azide groups is 1. The van der Waals surface area contributed by atoms with Crippen LogP contribution in [-0.2, 0) is 0 Å². The monoisotopic (exact) mass is 206 g/mol. The summed E-state index contributed by atoms with van der Waals surface area (Å²) in [5, 5.41) is 0. The van der Waals surface area contributed by atoms with Crippen LogP contribution in [-0.4, -0.2) is 25.1 Å². The molecule has 0 rings (SSSR count). The fourth-order valence-electron chi connectivity index (χ4n) is 1.19. The minimum absolute atomic E-state index is 0.338. The van der Waals surface area contributed by atoms with E-state index >= 15 is 0 Å². The van der Waals surface area contributed by atoms with Crippen LogP contribution in [0.2, 0.25) is 0 Å². The van der Waals surface area contributed by atoms with Crippen LogP contribution in [0.15, 0.2) is 4.78 Å². The van der Waals surface area contributed by atoms with Crippen molar-refractivity contribution in [2.75, 3.05) is 0 Å². The van der Waals surface area contributed by atoms with E-state index in [1.807, 2.05) is 0 Å². The van der Waals surface area contributed by atoms with Crippen LogP contribution in [0.25, 0.3) is 10.4 Å². The molecule has 0 bridgehead atoms. The molecule has 0 radical (unpaired) electrons. The van der Waals surface area contributed by atoms with Gasteiger partial charge >= 0.3 is 8.43 Å². The Kier molecular flexibility index (Phi) is 5.33. The van der Waals surface area contributed by atoms with E-state index in [1.54, 1.807) is 0 Å². The first-order valence-electron chi connectivity index (χ1n) is 3.96. The van der Waals surface area contributed by atoms with Crippen molar-refractivity contribution in [1.82, 2.24) is 4.57 Å². The van der Waals surface area contributed by atoms with Gasteiger partial charge in [0.25, 0.3) is 0 Å². The first kappa shape index (κ1) is 11.8. The highest BCUT2D eigenvalue weighted by atomic mass is 35.6. The smallest absolute Gasteiger partial charge is 0.306 e. The quantitative estimate of drug-likeness (QED) is 0.229. The maximum Gasteiger partial charge on any atom is 0.309 e. The van der Waals surface area contributed by atoms with E-state index in [1.165, 1.54) is 0 Å². The summed E-state index contributed by atoms with van der Waals surface area (Å²) in [6, 6.07) is 0.675. The summed E-state index contributed by atoms with van der Waals surface area (Å²) in [4.78, 5) is 2.73. The van der Waals surface area contributed by atoms with Gasteiger partial charge in [-0.15, -0.1) is 11.1 Å². The molecule has 0 fully saturated rings. The van der Waals surface area contributed by atoms with Crippen molar-refractivity contribution in [2.24, 2.45) is 4.78 Å². The molecule has 4 nitrogen and oxygen atoms in total. The molecule has 0 saturated carbocycles. The molecule has 1 atom stereocenters. The molecule has 0 aromatic carbocycles. The van der Waals surface area contributed by atoms with E-state index in [2.05, 4.69) is 42.0 Å². The van der Waals surface area contributed by atoms with Gasteiger partial charge in [-0.2, -0.15) is 0 Å². The highest BCUT2D eigenvalue weighted by Crippen LogP contribution is 2.11. The third kappa shape index (κ3) is 3.45. The summed E-state index contributed by atoms with van der Waals surface area (Å²) < 4.78 is 5.65. The molecule has 12 heavy (non-hydrogen) atoms. The third-order valence-electron chi connectivity index (χ3n) is 1.59. The van der Waals surface area contributed by atoms with Gasteiger partial charge < -0.3 is 4.57 Å². The molecule has 0 aliphatic heterocycles. The van der Waals surface area contributed by atoms with Gasteiger partial charge in [0.1, 0.15) is 0 Å². The van der Waals surface area contributed by atoms with E-state index in [4.69, 9.17) is 16.6 Å². The summed E-state index contributed by atoms with van der Waals surface area (Å²) in [5.41, 5.74) is 8.23. The summed E-state index contributed by atoms with van der Waals surface area (Å²) >= 11 is 5.98. The summed E-state index contributed by atoms with van der Waals surface area (Å²) in [7, 11) is -1.92. The molecule has 70 valence electrons. The van der Waals surface area contributed by atoms with Crippen molar-refractivity contribution < 1.29 is 0 Å². The highest BCUT2D eigenvalue weighted by molar-refractivity contribution is 7.04. The molecule has 0 aliphatic carbocycles. The summed E-state index contributed by atoms with van der Waals surface area (Å²) in [6.07, 6.45) is 0. The standard InChI is InChI=1S/C6H15ClN4Si/c1-5(2)11(6(3)4)12(7)10-9-8/h5-6,12H,1-4H3. The number of nitrogens with zero attached hydrogens (tertiary/aromatic N) is 4. The van der Waals surface area contributed by atoms with Gasteiger partial charge in [-0.3, -0.25) is 0 Å². The van der Waals surface area contributed by atoms with Crippen molar-refractivity contribution in [3.8, 4) is 0 Å². The first-order valence-corrected chi connectivity index (χ1v) is 6.74. The van der Waals surface area contributed by atoms with E-state index < -0.39 is 8.43 Å². The molecule has 0 N–H and O–H groups in total. The Hall–Kier alpha value is -0.223. The normalized spacial score (nSPS) is 13.7. The lowest BCUT2D eigenvalue weighted by molar-refractivity contribution is 0.308. The molecule has 0 heterocycles. The fourth-order valence-corrected chi connectivity index (χ4v) is 3.85. The second kappa shape index (κ2) is 5.43. The van der Waals surface area contributed by atoms with Crippen LogP contribution in [0.5, 0.6) is 0 Å². The van der Waals surface area contributed by atoms with Crippen LogP contribution in [0.1, 0.15) is 27.7 Å². The molecule has 0 aromatic heterocycles. The predicted molar refractivity (Wildman–Crippen MR) is 54.3 cm³/mol. The Morgan fingerprint density at radius 1 is 1.33 bits per heavy atom. The molecule has 0 aliphatic rings. The van der Waals surface area contributed by atoms with Gasteiger partial charge in [0.05, 0.1) is 0 Å². The topological polar surface area (TPSA) is 52.0 Å². The Bertz CT molecular complexity index is 170. The Morgan fingerprint density at radius 3 is 2.00 bits per heavy atom. The third-order valence-corrected chi connectivity index (χ3v) is 4.50. The van der Waals surface area contributed by atoms with Crippen molar-refractivity contribution in [3.05, 3.63) is 10.4 Å². The molecule has 0 aromatic rings. The van der Waals surface area contributed by atoms with Crippen LogP contribution in [0, 0.1) is 0 Å². The zero-order valence-electron chi connectivity index (χ0n) is 7.90. The largest absolute Gasteiger partial charge is 0.309 e. The van der Waals surface area contributed by atoms with Crippen LogP contribution >= 0.6 is 11.1 Å². The summed E-state index contributed by atoms with van der Waals surface area (Å²) in [5.74, 6) is 0. The molecule has 0 saturated heterocycles. The van der Waals surface area contributed by atoms with E-state index in [0.29, 0.717) is 12.1 Å². The summed E-state index contributed by atoms with van der Waals surface area (Å²) in [6.45, 7) is 8.20. The van der Waals surface area contributed by atoms with Crippen molar-refractivity contribution >= 4 is 19.5 Å². The number of hydrogen-bond donors (Lipinski definition) is 0. The van der Waals surface area contributed by atoms with Crippen LogP contribution < -0.4 is 0 Å². The highest BCUT2D eigenvalue weighted by Gasteiger charge is 2.22. The maximum absolute atomic E-state index is 8.23. The van der Waals surface area contributed by atoms with Gasteiger partial charge in [0.15, 0.2) is 0 Å². The molecule has 1 unspecified atom stereocenters. The molecular formula is C6H15ClN4Si. The van der Waals surface area contributed by atoms with E-state index in [-0.39, 0.29) is 0 Å². The Morgan fingerprint density at radius 2 is 1.75 bits per heavy atom. The number of halogens is 1. The van der Waals surface area contributed by atoms with Gasteiger partial charge in [0, 0.05) is 0 Å². The van der Waals surface area contributed by atoms with Gasteiger partial charge in [-0.25, -0.2) is 0 Å². The zero-order valence-corrected chi connectivity index (χ0v) is 9.81. The maximum atomic E-state index is 8.23. The lowest BCUT2D eigenvalue weighted by atomic mass is 10.3. The molecule has 0 spiro atoms. The van der Waals surface area contributed by atoms with Gasteiger partial charge in [-0.05, 0) is 22.5 Å². The fraction of sp³-hybridized carbons (Fsp3) is 1.00. The minimum Gasteiger partial charge on any atom is -0.306 e. The SMILES string of the molecule is CC(C)N(C(C)C)[SiH](Cl)N=[N+]=[N-]. The lowest BCUT2D eigenvalue weighted by Crippen LogP contribution is -2.44. The van der Waals surface area contributed by atoms with E-state index in [0.717, 1.165) is 0 Å². The van der Waals surface area contributed by atoms with Crippen LogP contribution in [0.3, 0.4) is 0 Å².